The van der Waals surface area contributed by atoms with E-state index in [0.29, 0.717) is 0 Å². The maximum Gasteiger partial charge on any atom is 0.209 e. The molecular formula is C11H13NO2S2. The summed E-state index contributed by atoms with van der Waals surface area (Å²) in [6.45, 7) is 1.86. The summed E-state index contributed by atoms with van der Waals surface area (Å²) in [4.78, 5) is 0. The Hall–Kier alpha value is -0.910. The molecule has 0 unspecified atom stereocenters. The van der Waals surface area contributed by atoms with Crippen molar-refractivity contribution in [2.24, 2.45) is 0 Å². The fraction of sp³-hybridized carbons (Fsp3) is 0.273. The monoisotopic (exact) mass is 255 g/mol. The lowest BCUT2D eigenvalue weighted by molar-refractivity contribution is 0.574. The molecule has 0 aliphatic heterocycles. The Bertz CT molecular complexity index is 601. The zero-order chi connectivity index (χ0) is 11.8. The molecule has 1 heterocycles. The van der Waals surface area contributed by atoms with Gasteiger partial charge in [-0.3, -0.25) is 0 Å². The molecule has 1 N–H and O–H groups in total. The van der Waals surface area contributed by atoms with Gasteiger partial charge in [0.2, 0.25) is 10.0 Å². The Morgan fingerprint density at radius 1 is 1.31 bits per heavy atom. The normalized spacial score (nSPS) is 14.1. The Morgan fingerprint density at radius 2 is 2.00 bits per heavy atom. The molecule has 0 fully saturated rings. The number of hydrogen-bond acceptors (Lipinski definition) is 3. The van der Waals surface area contributed by atoms with Crippen molar-refractivity contribution < 1.29 is 8.42 Å². The second-order valence-electron chi connectivity index (χ2n) is 3.80. The summed E-state index contributed by atoms with van der Waals surface area (Å²) in [5.74, 6) is 0. The molecule has 86 valence electrons. The Kier molecular flexibility index (Phi) is 3.01. The van der Waals surface area contributed by atoms with Gasteiger partial charge in [-0.1, -0.05) is 18.2 Å². The van der Waals surface area contributed by atoms with E-state index in [2.05, 4.69) is 4.72 Å². The van der Waals surface area contributed by atoms with Gasteiger partial charge in [0.1, 0.15) is 0 Å². The molecule has 0 bridgehead atoms. The lowest BCUT2D eigenvalue weighted by Gasteiger charge is -2.11. The van der Waals surface area contributed by atoms with E-state index >= 15 is 0 Å². The molecule has 1 atom stereocenters. The average Bonchev–Trinajstić information content (AvgIpc) is 2.58. The molecule has 0 aliphatic carbocycles. The maximum atomic E-state index is 11.2. The van der Waals surface area contributed by atoms with Crippen molar-refractivity contribution in [3.8, 4) is 0 Å². The highest BCUT2D eigenvalue weighted by Gasteiger charge is 2.14. The topological polar surface area (TPSA) is 46.2 Å². The smallest absolute Gasteiger partial charge is 0.209 e. The molecule has 0 radical (unpaired) electrons. The molecule has 1 aromatic carbocycles. The predicted molar refractivity (Wildman–Crippen MR) is 68.2 cm³/mol. The first-order chi connectivity index (χ1) is 7.47. The minimum absolute atomic E-state index is 0.189. The minimum Gasteiger partial charge on any atom is -0.213 e. The second-order valence-corrected chi connectivity index (χ2v) is 6.49. The van der Waals surface area contributed by atoms with Crippen molar-refractivity contribution in [2.75, 3.05) is 6.26 Å². The van der Waals surface area contributed by atoms with Crippen molar-refractivity contribution in [3.05, 3.63) is 35.2 Å². The van der Waals surface area contributed by atoms with Crippen LogP contribution < -0.4 is 4.72 Å². The summed E-state index contributed by atoms with van der Waals surface area (Å²) in [7, 11) is -3.16. The van der Waals surface area contributed by atoms with Gasteiger partial charge in [-0.15, -0.1) is 11.3 Å². The fourth-order valence-corrected chi connectivity index (χ4v) is 3.54. The largest absolute Gasteiger partial charge is 0.213 e. The van der Waals surface area contributed by atoms with Gasteiger partial charge >= 0.3 is 0 Å². The van der Waals surface area contributed by atoms with E-state index in [0.717, 1.165) is 10.9 Å². The second kappa shape index (κ2) is 4.16. The predicted octanol–water partition coefficient (Wildman–Crippen LogP) is 2.51. The molecule has 2 rings (SSSR count). The Labute approximate surface area is 99.2 Å². The Balaban J connectivity index is 2.40. The van der Waals surface area contributed by atoms with Crippen LogP contribution in [0, 0.1) is 0 Å². The summed E-state index contributed by atoms with van der Waals surface area (Å²) in [6, 6.07) is 7.81. The SMILES string of the molecule is C[C@@H](NS(C)(=O)=O)c1csc2ccccc12. The third kappa shape index (κ3) is 2.42. The van der Waals surface area contributed by atoms with Crippen LogP contribution in [0.25, 0.3) is 10.1 Å². The van der Waals surface area contributed by atoms with Crippen molar-refractivity contribution in [2.45, 2.75) is 13.0 Å². The quantitative estimate of drug-likeness (QED) is 0.916. The highest BCUT2D eigenvalue weighted by molar-refractivity contribution is 7.88. The number of sulfonamides is 1. The number of thiophene rings is 1. The highest BCUT2D eigenvalue weighted by Crippen LogP contribution is 2.30. The van der Waals surface area contributed by atoms with E-state index in [-0.39, 0.29) is 6.04 Å². The van der Waals surface area contributed by atoms with E-state index in [1.54, 1.807) is 11.3 Å². The van der Waals surface area contributed by atoms with Crippen LogP contribution in [0.15, 0.2) is 29.6 Å². The van der Waals surface area contributed by atoms with Crippen molar-refractivity contribution in [1.82, 2.24) is 4.72 Å². The van der Waals surface area contributed by atoms with Crippen LogP contribution in [-0.2, 0) is 10.0 Å². The maximum absolute atomic E-state index is 11.2. The molecule has 5 heteroatoms. The third-order valence-corrected chi connectivity index (χ3v) is 4.13. The lowest BCUT2D eigenvalue weighted by atomic mass is 10.1. The van der Waals surface area contributed by atoms with Crippen LogP contribution in [-0.4, -0.2) is 14.7 Å². The standard InChI is InChI=1S/C11H13NO2S2/c1-8(12-16(2,13)14)10-7-15-11-6-4-3-5-9(10)11/h3-8,12H,1-2H3/t8-/m1/s1. The highest BCUT2D eigenvalue weighted by atomic mass is 32.2. The summed E-state index contributed by atoms with van der Waals surface area (Å²) in [6.07, 6.45) is 1.18. The number of hydrogen-bond donors (Lipinski definition) is 1. The van der Waals surface area contributed by atoms with E-state index in [1.807, 2.05) is 36.6 Å². The summed E-state index contributed by atoms with van der Waals surface area (Å²) < 4.78 is 26.1. The molecule has 0 aliphatic rings. The molecule has 1 aromatic heterocycles. The first-order valence-electron chi connectivity index (χ1n) is 4.91. The molecule has 0 saturated heterocycles. The van der Waals surface area contributed by atoms with Gasteiger partial charge in [0.05, 0.1) is 6.26 Å². The lowest BCUT2D eigenvalue weighted by Crippen LogP contribution is -2.25. The Morgan fingerprint density at radius 3 is 2.69 bits per heavy atom. The third-order valence-electron chi connectivity index (χ3n) is 2.37. The van der Waals surface area contributed by atoms with Gasteiger partial charge < -0.3 is 0 Å². The zero-order valence-corrected chi connectivity index (χ0v) is 10.7. The number of rotatable bonds is 3. The van der Waals surface area contributed by atoms with Crippen LogP contribution in [0.2, 0.25) is 0 Å². The van der Waals surface area contributed by atoms with Crippen LogP contribution >= 0.6 is 11.3 Å². The summed E-state index contributed by atoms with van der Waals surface area (Å²) in [5.41, 5.74) is 1.03. The van der Waals surface area contributed by atoms with Gasteiger partial charge in [0.15, 0.2) is 0 Å². The van der Waals surface area contributed by atoms with E-state index in [4.69, 9.17) is 0 Å². The minimum atomic E-state index is -3.16. The van der Waals surface area contributed by atoms with E-state index in [1.165, 1.54) is 11.0 Å². The zero-order valence-electron chi connectivity index (χ0n) is 9.10. The van der Waals surface area contributed by atoms with Gasteiger partial charge in [0.25, 0.3) is 0 Å². The summed E-state index contributed by atoms with van der Waals surface area (Å²) in [5, 5.41) is 3.13. The van der Waals surface area contributed by atoms with Crippen LogP contribution in [0.5, 0.6) is 0 Å². The van der Waals surface area contributed by atoms with Crippen molar-refractivity contribution in [3.63, 3.8) is 0 Å². The molecule has 0 spiro atoms. The molecule has 16 heavy (non-hydrogen) atoms. The van der Waals surface area contributed by atoms with Gasteiger partial charge in [-0.25, -0.2) is 13.1 Å². The van der Waals surface area contributed by atoms with Crippen molar-refractivity contribution in [1.29, 1.82) is 0 Å². The van der Waals surface area contributed by atoms with Crippen LogP contribution in [0.3, 0.4) is 0 Å². The van der Waals surface area contributed by atoms with Crippen LogP contribution in [0.1, 0.15) is 18.5 Å². The number of fused-ring (bicyclic) bond motifs is 1. The number of benzene rings is 1. The first-order valence-corrected chi connectivity index (χ1v) is 7.68. The summed E-state index contributed by atoms with van der Waals surface area (Å²) >= 11 is 1.63. The molecule has 0 saturated carbocycles. The van der Waals surface area contributed by atoms with Crippen molar-refractivity contribution >= 4 is 31.4 Å². The average molecular weight is 255 g/mol. The van der Waals surface area contributed by atoms with E-state index in [9.17, 15) is 8.42 Å². The molecular weight excluding hydrogens is 242 g/mol. The molecule has 0 amide bonds. The fourth-order valence-electron chi connectivity index (χ4n) is 1.72. The van der Waals surface area contributed by atoms with E-state index < -0.39 is 10.0 Å². The van der Waals surface area contributed by atoms with Gasteiger partial charge in [-0.2, -0.15) is 0 Å². The van der Waals surface area contributed by atoms with Crippen LogP contribution in [0.4, 0.5) is 0 Å². The molecule has 2 aromatic rings. The van der Waals surface area contributed by atoms with Gasteiger partial charge in [-0.05, 0) is 29.3 Å². The molecule has 3 nitrogen and oxygen atoms in total. The van der Waals surface area contributed by atoms with Gasteiger partial charge in [0, 0.05) is 10.7 Å². The first kappa shape index (κ1) is 11.6. The number of nitrogens with one attached hydrogen (secondary N) is 1.